The first-order valence-electron chi connectivity index (χ1n) is 7.66. The third-order valence-electron chi connectivity index (χ3n) is 4.12. The monoisotopic (exact) mass is 345 g/mol. The molecule has 0 saturated heterocycles. The number of aryl methyl sites for hydroxylation is 3. The lowest BCUT2D eigenvalue weighted by Crippen LogP contribution is -2.20. The SMILES string of the molecule is Cc1cc(COC(=O)c2sc3nc4n(c(=O)c3c2C)CCC4)on1. The molecule has 0 aromatic carbocycles. The van der Waals surface area contributed by atoms with E-state index in [2.05, 4.69) is 10.1 Å². The van der Waals surface area contributed by atoms with Crippen LogP contribution in [0.5, 0.6) is 0 Å². The summed E-state index contributed by atoms with van der Waals surface area (Å²) in [6.07, 6.45) is 1.73. The Morgan fingerprint density at radius 3 is 3.04 bits per heavy atom. The molecule has 0 fully saturated rings. The van der Waals surface area contributed by atoms with Gasteiger partial charge < -0.3 is 9.26 Å². The van der Waals surface area contributed by atoms with Gasteiger partial charge in [0.25, 0.3) is 5.56 Å². The predicted octanol–water partition coefficient (Wildman–Crippen LogP) is 2.37. The van der Waals surface area contributed by atoms with Gasteiger partial charge >= 0.3 is 5.97 Å². The Morgan fingerprint density at radius 2 is 2.29 bits per heavy atom. The van der Waals surface area contributed by atoms with Gasteiger partial charge in [-0.3, -0.25) is 9.36 Å². The van der Waals surface area contributed by atoms with Crippen LogP contribution in [0, 0.1) is 13.8 Å². The summed E-state index contributed by atoms with van der Waals surface area (Å²) >= 11 is 1.21. The minimum Gasteiger partial charge on any atom is -0.453 e. The van der Waals surface area contributed by atoms with Crippen molar-refractivity contribution >= 4 is 27.5 Å². The first-order chi connectivity index (χ1) is 11.5. The second-order valence-corrected chi connectivity index (χ2v) is 6.83. The van der Waals surface area contributed by atoms with Crippen LogP contribution < -0.4 is 5.56 Å². The van der Waals surface area contributed by atoms with Gasteiger partial charge in [-0.1, -0.05) is 5.16 Å². The molecule has 124 valence electrons. The molecule has 0 saturated carbocycles. The van der Waals surface area contributed by atoms with E-state index in [-0.39, 0.29) is 12.2 Å². The van der Waals surface area contributed by atoms with Gasteiger partial charge in [-0.2, -0.15) is 0 Å². The number of hydrogen-bond acceptors (Lipinski definition) is 7. The van der Waals surface area contributed by atoms with Crippen LogP contribution in [-0.2, 0) is 24.3 Å². The number of ether oxygens (including phenoxy) is 1. The van der Waals surface area contributed by atoms with E-state index in [1.807, 2.05) is 0 Å². The van der Waals surface area contributed by atoms with Crippen LogP contribution in [0.4, 0.5) is 0 Å². The summed E-state index contributed by atoms with van der Waals surface area (Å²) in [6, 6.07) is 1.71. The van der Waals surface area contributed by atoms with Gasteiger partial charge in [0.15, 0.2) is 12.4 Å². The van der Waals surface area contributed by atoms with Gasteiger partial charge in [-0.25, -0.2) is 9.78 Å². The lowest BCUT2D eigenvalue weighted by Gasteiger charge is -2.02. The summed E-state index contributed by atoms with van der Waals surface area (Å²) in [6.45, 7) is 4.26. The van der Waals surface area contributed by atoms with Crippen LogP contribution in [0.3, 0.4) is 0 Å². The van der Waals surface area contributed by atoms with Crippen LogP contribution in [-0.4, -0.2) is 20.7 Å². The van der Waals surface area contributed by atoms with Crippen molar-refractivity contribution in [2.24, 2.45) is 0 Å². The molecule has 4 rings (SSSR count). The van der Waals surface area contributed by atoms with Crippen molar-refractivity contribution in [3.8, 4) is 0 Å². The molecule has 3 aromatic rings. The number of nitrogens with zero attached hydrogens (tertiary/aromatic N) is 3. The molecule has 0 aliphatic carbocycles. The van der Waals surface area contributed by atoms with Gasteiger partial charge in [-0.15, -0.1) is 11.3 Å². The van der Waals surface area contributed by atoms with E-state index < -0.39 is 5.97 Å². The molecule has 3 aromatic heterocycles. The van der Waals surface area contributed by atoms with E-state index >= 15 is 0 Å². The number of fused-ring (bicyclic) bond motifs is 2. The molecule has 0 spiro atoms. The zero-order valence-electron chi connectivity index (χ0n) is 13.3. The molecular formula is C16H15N3O4S. The fourth-order valence-corrected chi connectivity index (χ4v) is 4.04. The van der Waals surface area contributed by atoms with Crippen molar-refractivity contribution in [3.63, 3.8) is 0 Å². The number of carbonyl (C=O) groups is 1. The number of aromatic nitrogens is 3. The lowest BCUT2D eigenvalue weighted by atomic mass is 10.2. The molecule has 4 heterocycles. The quantitative estimate of drug-likeness (QED) is 0.677. The molecule has 0 bridgehead atoms. The summed E-state index contributed by atoms with van der Waals surface area (Å²) in [5.41, 5.74) is 1.30. The Bertz CT molecular complexity index is 1010. The number of carbonyl (C=O) groups excluding carboxylic acids is 1. The zero-order valence-corrected chi connectivity index (χ0v) is 14.1. The molecule has 1 aliphatic rings. The van der Waals surface area contributed by atoms with Gasteiger partial charge in [0.1, 0.15) is 15.5 Å². The van der Waals surface area contributed by atoms with E-state index in [1.54, 1.807) is 24.5 Å². The molecule has 1 aliphatic heterocycles. The molecule has 24 heavy (non-hydrogen) atoms. The molecule has 0 unspecified atom stereocenters. The standard InChI is InChI=1S/C16H15N3O4S/c1-8-6-10(23-18-8)7-22-16(21)13-9(2)12-14(24-13)17-11-4-3-5-19(11)15(12)20/h6H,3-5,7H2,1-2H3. The summed E-state index contributed by atoms with van der Waals surface area (Å²) in [5, 5.41) is 4.27. The van der Waals surface area contributed by atoms with Crippen LogP contribution in [0.15, 0.2) is 15.4 Å². The predicted molar refractivity (Wildman–Crippen MR) is 87.3 cm³/mol. The summed E-state index contributed by atoms with van der Waals surface area (Å²) < 4.78 is 12.0. The van der Waals surface area contributed by atoms with E-state index in [0.29, 0.717) is 33.0 Å². The highest BCUT2D eigenvalue weighted by atomic mass is 32.1. The van der Waals surface area contributed by atoms with Gasteiger partial charge in [-0.05, 0) is 25.8 Å². The molecule has 8 heteroatoms. The van der Waals surface area contributed by atoms with Crippen LogP contribution in [0.25, 0.3) is 10.2 Å². The average molecular weight is 345 g/mol. The Kier molecular flexibility index (Phi) is 3.49. The number of hydrogen-bond donors (Lipinski definition) is 0. The second-order valence-electron chi connectivity index (χ2n) is 5.84. The van der Waals surface area contributed by atoms with Crippen molar-refractivity contribution in [1.82, 2.24) is 14.7 Å². The number of rotatable bonds is 3. The Labute approximate surface area is 140 Å². The zero-order chi connectivity index (χ0) is 16.8. The number of thiophene rings is 1. The smallest absolute Gasteiger partial charge is 0.349 e. The minimum atomic E-state index is -0.478. The topological polar surface area (TPSA) is 87.2 Å². The van der Waals surface area contributed by atoms with E-state index in [0.717, 1.165) is 24.4 Å². The Morgan fingerprint density at radius 1 is 1.46 bits per heavy atom. The van der Waals surface area contributed by atoms with Crippen molar-refractivity contribution in [2.45, 2.75) is 39.8 Å². The second kappa shape index (κ2) is 5.55. The van der Waals surface area contributed by atoms with Crippen molar-refractivity contribution < 1.29 is 14.1 Å². The third kappa shape index (κ3) is 2.34. The number of esters is 1. The van der Waals surface area contributed by atoms with Gasteiger partial charge in [0.2, 0.25) is 0 Å². The van der Waals surface area contributed by atoms with Crippen molar-refractivity contribution in [2.75, 3.05) is 0 Å². The molecule has 0 N–H and O–H groups in total. The lowest BCUT2D eigenvalue weighted by molar-refractivity contribution is 0.0442. The summed E-state index contributed by atoms with van der Waals surface area (Å²) in [4.78, 5) is 30.5. The first kappa shape index (κ1) is 15.1. The maximum Gasteiger partial charge on any atom is 0.349 e. The molecular weight excluding hydrogens is 330 g/mol. The van der Waals surface area contributed by atoms with Crippen LogP contribution in [0.1, 0.15) is 38.9 Å². The van der Waals surface area contributed by atoms with E-state index in [4.69, 9.17) is 9.26 Å². The summed E-state index contributed by atoms with van der Waals surface area (Å²) in [5.74, 6) is 0.803. The third-order valence-corrected chi connectivity index (χ3v) is 5.28. The van der Waals surface area contributed by atoms with E-state index in [1.165, 1.54) is 11.3 Å². The highest BCUT2D eigenvalue weighted by Crippen LogP contribution is 2.29. The molecule has 0 atom stereocenters. The first-order valence-corrected chi connectivity index (χ1v) is 8.48. The van der Waals surface area contributed by atoms with E-state index in [9.17, 15) is 9.59 Å². The normalized spacial score (nSPS) is 13.4. The van der Waals surface area contributed by atoms with Crippen LogP contribution in [0.2, 0.25) is 0 Å². The Hall–Kier alpha value is -2.48. The average Bonchev–Trinajstić information content (AvgIpc) is 3.25. The molecule has 0 amide bonds. The largest absolute Gasteiger partial charge is 0.453 e. The minimum absolute atomic E-state index is 0.0102. The summed E-state index contributed by atoms with van der Waals surface area (Å²) in [7, 11) is 0. The molecule has 0 radical (unpaired) electrons. The van der Waals surface area contributed by atoms with Gasteiger partial charge in [0.05, 0.1) is 11.1 Å². The fourth-order valence-electron chi connectivity index (χ4n) is 2.96. The molecule has 7 nitrogen and oxygen atoms in total. The highest BCUT2D eigenvalue weighted by molar-refractivity contribution is 7.20. The fraction of sp³-hybridized carbons (Fsp3) is 0.375. The maximum atomic E-state index is 12.6. The maximum absolute atomic E-state index is 12.6. The van der Waals surface area contributed by atoms with Crippen molar-refractivity contribution in [3.05, 3.63) is 44.1 Å². The highest BCUT2D eigenvalue weighted by Gasteiger charge is 2.24. The van der Waals surface area contributed by atoms with Gasteiger partial charge in [0, 0.05) is 19.0 Å². The van der Waals surface area contributed by atoms with Crippen LogP contribution >= 0.6 is 11.3 Å². The Balaban J connectivity index is 1.67. The van der Waals surface area contributed by atoms with Crippen molar-refractivity contribution in [1.29, 1.82) is 0 Å².